The van der Waals surface area contributed by atoms with Crippen molar-refractivity contribution in [2.24, 2.45) is 0 Å². The van der Waals surface area contributed by atoms with Crippen molar-refractivity contribution >= 4 is 0 Å². The number of ether oxygens (including phenoxy) is 1. The van der Waals surface area contributed by atoms with Gasteiger partial charge in [-0.05, 0) is 25.0 Å². The molecule has 0 aromatic carbocycles. The normalized spacial score (nSPS) is 9.86. The average molecular weight is 193 g/mol. The van der Waals surface area contributed by atoms with Crippen LogP contribution in [0, 0.1) is 6.92 Å². The first kappa shape index (κ1) is 10.7. The second-order valence-corrected chi connectivity index (χ2v) is 2.98. The van der Waals surface area contributed by atoms with Crippen molar-refractivity contribution < 1.29 is 9.84 Å². The lowest BCUT2D eigenvalue weighted by atomic mass is 10.2. The van der Waals surface area contributed by atoms with Crippen LogP contribution in [-0.2, 0) is 6.61 Å². The molecule has 14 heavy (non-hydrogen) atoms. The third kappa shape index (κ3) is 2.85. The highest BCUT2D eigenvalue weighted by molar-refractivity contribution is 5.24. The van der Waals surface area contributed by atoms with E-state index in [1.54, 1.807) is 12.1 Å². The minimum atomic E-state index is 0.0196. The molecule has 1 aromatic heterocycles. The number of hydrogen-bond acceptors (Lipinski definition) is 3. The zero-order valence-corrected chi connectivity index (χ0v) is 8.36. The summed E-state index contributed by atoms with van der Waals surface area (Å²) in [4.78, 5) is 4.20. The summed E-state index contributed by atoms with van der Waals surface area (Å²) in [6.45, 7) is 6.07. The number of aliphatic hydroxyl groups excluding tert-OH is 1. The van der Waals surface area contributed by atoms with Gasteiger partial charge in [-0.15, -0.1) is 6.58 Å². The molecule has 0 fully saturated rings. The Morgan fingerprint density at radius 1 is 1.57 bits per heavy atom. The van der Waals surface area contributed by atoms with Gasteiger partial charge in [0.25, 0.3) is 0 Å². The molecule has 0 unspecified atom stereocenters. The lowest BCUT2D eigenvalue weighted by molar-refractivity contribution is 0.278. The van der Waals surface area contributed by atoms with Crippen molar-refractivity contribution in [2.45, 2.75) is 20.0 Å². The molecule has 0 aliphatic heterocycles. The maximum absolute atomic E-state index is 8.93. The summed E-state index contributed by atoms with van der Waals surface area (Å²) in [7, 11) is 0. The minimum Gasteiger partial charge on any atom is -0.477 e. The van der Waals surface area contributed by atoms with Gasteiger partial charge < -0.3 is 9.84 Å². The third-order valence-electron chi connectivity index (χ3n) is 1.91. The van der Waals surface area contributed by atoms with Crippen molar-refractivity contribution in [1.29, 1.82) is 0 Å². The van der Waals surface area contributed by atoms with Crippen LogP contribution >= 0.6 is 0 Å². The van der Waals surface area contributed by atoms with Crippen LogP contribution in [0.1, 0.15) is 17.7 Å². The maximum Gasteiger partial charge on any atom is 0.213 e. The molecule has 0 aliphatic carbocycles. The fourth-order valence-corrected chi connectivity index (χ4v) is 1.06. The molecule has 0 spiro atoms. The van der Waals surface area contributed by atoms with Crippen molar-refractivity contribution in [3.8, 4) is 5.88 Å². The number of hydrogen-bond donors (Lipinski definition) is 1. The van der Waals surface area contributed by atoms with E-state index in [-0.39, 0.29) is 6.61 Å². The molecule has 3 heteroatoms. The zero-order chi connectivity index (χ0) is 10.4. The molecule has 0 aliphatic rings. The van der Waals surface area contributed by atoms with E-state index in [0.29, 0.717) is 12.5 Å². The topological polar surface area (TPSA) is 42.4 Å². The van der Waals surface area contributed by atoms with Crippen LogP contribution in [0.4, 0.5) is 0 Å². The van der Waals surface area contributed by atoms with Gasteiger partial charge in [0.15, 0.2) is 0 Å². The van der Waals surface area contributed by atoms with Gasteiger partial charge in [-0.2, -0.15) is 0 Å². The standard InChI is InChI=1S/C11H15NO2/c1-3-4-7-14-11-6-5-10(8-13)9(2)12-11/h3,5-6,13H,1,4,7-8H2,2H3. The molecule has 0 saturated carbocycles. The molecular weight excluding hydrogens is 178 g/mol. The van der Waals surface area contributed by atoms with Crippen LogP contribution in [-0.4, -0.2) is 16.7 Å². The number of pyridine rings is 1. The highest BCUT2D eigenvalue weighted by Crippen LogP contribution is 2.12. The smallest absolute Gasteiger partial charge is 0.213 e. The summed E-state index contributed by atoms with van der Waals surface area (Å²) < 4.78 is 5.36. The highest BCUT2D eigenvalue weighted by Gasteiger charge is 2.00. The summed E-state index contributed by atoms with van der Waals surface area (Å²) in [6, 6.07) is 3.59. The van der Waals surface area contributed by atoms with E-state index >= 15 is 0 Å². The van der Waals surface area contributed by atoms with Crippen LogP contribution in [0.3, 0.4) is 0 Å². The first-order valence-electron chi connectivity index (χ1n) is 4.59. The van der Waals surface area contributed by atoms with Crippen LogP contribution in [0.25, 0.3) is 0 Å². The lowest BCUT2D eigenvalue weighted by Crippen LogP contribution is -2.00. The Kier molecular flexibility index (Phi) is 4.13. The van der Waals surface area contributed by atoms with Crippen LogP contribution in [0.5, 0.6) is 5.88 Å². The largest absolute Gasteiger partial charge is 0.477 e. The van der Waals surface area contributed by atoms with E-state index in [0.717, 1.165) is 17.7 Å². The number of aromatic nitrogens is 1. The molecule has 1 N–H and O–H groups in total. The lowest BCUT2D eigenvalue weighted by Gasteiger charge is -2.06. The maximum atomic E-state index is 8.93. The molecule has 0 bridgehead atoms. The molecule has 1 heterocycles. The van der Waals surface area contributed by atoms with Crippen LogP contribution < -0.4 is 4.74 Å². The van der Waals surface area contributed by atoms with E-state index < -0.39 is 0 Å². The Morgan fingerprint density at radius 2 is 2.36 bits per heavy atom. The van der Waals surface area contributed by atoms with Crippen molar-refractivity contribution in [3.63, 3.8) is 0 Å². The summed E-state index contributed by atoms with van der Waals surface area (Å²) in [5.41, 5.74) is 1.64. The molecular formula is C11H15NO2. The fourth-order valence-electron chi connectivity index (χ4n) is 1.06. The molecule has 76 valence electrons. The Labute approximate surface area is 84.1 Å². The van der Waals surface area contributed by atoms with E-state index in [1.165, 1.54) is 0 Å². The van der Waals surface area contributed by atoms with E-state index in [9.17, 15) is 0 Å². The SMILES string of the molecule is C=CCCOc1ccc(CO)c(C)n1. The monoisotopic (exact) mass is 193 g/mol. The van der Waals surface area contributed by atoms with E-state index in [2.05, 4.69) is 11.6 Å². The average Bonchev–Trinajstić information content (AvgIpc) is 2.18. The molecule has 1 aromatic rings. The summed E-state index contributed by atoms with van der Waals surface area (Å²) >= 11 is 0. The molecule has 3 nitrogen and oxygen atoms in total. The molecule has 0 atom stereocenters. The highest BCUT2D eigenvalue weighted by atomic mass is 16.5. The third-order valence-corrected chi connectivity index (χ3v) is 1.91. The molecule has 0 amide bonds. The van der Waals surface area contributed by atoms with Gasteiger partial charge in [-0.25, -0.2) is 4.98 Å². The summed E-state index contributed by atoms with van der Waals surface area (Å²) in [6.07, 6.45) is 2.61. The van der Waals surface area contributed by atoms with E-state index in [4.69, 9.17) is 9.84 Å². The van der Waals surface area contributed by atoms with Gasteiger partial charge in [0, 0.05) is 11.8 Å². The minimum absolute atomic E-state index is 0.0196. The summed E-state index contributed by atoms with van der Waals surface area (Å²) in [5, 5.41) is 8.93. The number of nitrogens with zero attached hydrogens (tertiary/aromatic N) is 1. The summed E-state index contributed by atoms with van der Waals surface area (Å²) in [5.74, 6) is 0.599. The molecule has 0 saturated heterocycles. The fraction of sp³-hybridized carbons (Fsp3) is 0.364. The van der Waals surface area contributed by atoms with Crippen molar-refractivity contribution in [1.82, 2.24) is 4.98 Å². The predicted octanol–water partition coefficient (Wildman–Crippen LogP) is 1.84. The van der Waals surface area contributed by atoms with E-state index in [1.807, 2.05) is 13.0 Å². The van der Waals surface area contributed by atoms with Crippen LogP contribution in [0.15, 0.2) is 24.8 Å². The number of rotatable bonds is 5. The van der Waals surface area contributed by atoms with Gasteiger partial charge in [0.05, 0.1) is 13.2 Å². The second kappa shape index (κ2) is 5.40. The first-order chi connectivity index (χ1) is 6.77. The van der Waals surface area contributed by atoms with Crippen LogP contribution in [0.2, 0.25) is 0 Å². The van der Waals surface area contributed by atoms with Gasteiger partial charge in [0.1, 0.15) is 0 Å². The van der Waals surface area contributed by atoms with Gasteiger partial charge in [0.2, 0.25) is 5.88 Å². The first-order valence-corrected chi connectivity index (χ1v) is 4.59. The molecule has 1 rings (SSSR count). The Balaban J connectivity index is 2.61. The Morgan fingerprint density at radius 3 is 2.93 bits per heavy atom. The van der Waals surface area contributed by atoms with Crippen molar-refractivity contribution in [2.75, 3.05) is 6.61 Å². The molecule has 0 radical (unpaired) electrons. The number of aryl methyl sites for hydroxylation is 1. The quantitative estimate of drug-likeness (QED) is 0.573. The number of aliphatic hydroxyl groups is 1. The Hall–Kier alpha value is -1.35. The zero-order valence-electron chi connectivity index (χ0n) is 8.36. The van der Waals surface area contributed by atoms with Gasteiger partial charge >= 0.3 is 0 Å². The van der Waals surface area contributed by atoms with Crippen molar-refractivity contribution in [3.05, 3.63) is 36.0 Å². The second-order valence-electron chi connectivity index (χ2n) is 2.98. The Bertz CT molecular complexity index is 310. The van der Waals surface area contributed by atoms with Gasteiger partial charge in [-0.1, -0.05) is 6.08 Å². The van der Waals surface area contributed by atoms with Gasteiger partial charge in [-0.3, -0.25) is 0 Å². The predicted molar refractivity (Wildman–Crippen MR) is 55.2 cm³/mol.